The van der Waals surface area contributed by atoms with E-state index in [1.54, 1.807) is 4.90 Å². The van der Waals surface area contributed by atoms with Crippen molar-refractivity contribution < 1.29 is 4.79 Å². The maximum atomic E-state index is 12.8. The predicted molar refractivity (Wildman–Crippen MR) is 96.1 cm³/mol. The first-order chi connectivity index (χ1) is 12.4. The number of aromatic nitrogens is 5. The van der Waals surface area contributed by atoms with Gasteiger partial charge in [0.05, 0.1) is 12.2 Å². The molecule has 2 aromatic heterocycles. The Balaban J connectivity index is 1.52. The molecular weight excluding hydrogens is 328 g/mol. The number of hydrogen-bond acceptors (Lipinski definition) is 5. The summed E-state index contributed by atoms with van der Waals surface area (Å²) in [6.45, 7) is 7.32. The van der Waals surface area contributed by atoms with Gasteiger partial charge >= 0.3 is 0 Å². The van der Waals surface area contributed by atoms with Gasteiger partial charge in [-0.25, -0.2) is 15.0 Å². The number of nitrogens with zero attached hydrogens (tertiary/aromatic N) is 5. The average molecular weight is 348 g/mol. The van der Waals surface area contributed by atoms with Crippen molar-refractivity contribution in [3.63, 3.8) is 0 Å². The molecule has 3 heterocycles. The van der Waals surface area contributed by atoms with E-state index in [1.807, 2.05) is 30.5 Å². The molecule has 1 aliphatic rings. The van der Waals surface area contributed by atoms with E-state index in [0.29, 0.717) is 24.5 Å². The lowest BCUT2D eigenvalue weighted by Gasteiger charge is -2.16. The number of carbonyl (C=O) groups is 1. The first kappa shape index (κ1) is 16.4. The summed E-state index contributed by atoms with van der Waals surface area (Å²) in [5, 5.41) is 6.66. The zero-order valence-corrected chi connectivity index (χ0v) is 15.0. The Labute approximate surface area is 151 Å². The van der Waals surface area contributed by atoms with Crippen LogP contribution in [0.5, 0.6) is 0 Å². The number of aromatic amines is 1. The second-order valence-corrected chi connectivity index (χ2v) is 7.49. The number of amides is 1. The molecular formula is C19H20N6O. The lowest BCUT2D eigenvalue weighted by molar-refractivity contribution is 0.0750. The van der Waals surface area contributed by atoms with E-state index in [1.165, 1.54) is 6.33 Å². The van der Waals surface area contributed by atoms with Crippen molar-refractivity contribution in [1.82, 2.24) is 30.0 Å². The van der Waals surface area contributed by atoms with Gasteiger partial charge in [-0.2, -0.15) is 5.10 Å². The third-order valence-electron chi connectivity index (χ3n) is 4.43. The van der Waals surface area contributed by atoms with E-state index in [9.17, 15) is 4.79 Å². The number of fused-ring (bicyclic) bond motifs is 1. The summed E-state index contributed by atoms with van der Waals surface area (Å²) < 4.78 is 0. The summed E-state index contributed by atoms with van der Waals surface area (Å²) in [7, 11) is 0. The van der Waals surface area contributed by atoms with Crippen LogP contribution in [-0.2, 0) is 18.5 Å². The van der Waals surface area contributed by atoms with Gasteiger partial charge in [-0.05, 0) is 12.1 Å². The summed E-state index contributed by atoms with van der Waals surface area (Å²) in [4.78, 5) is 27.9. The van der Waals surface area contributed by atoms with Gasteiger partial charge in [0.1, 0.15) is 12.2 Å². The molecule has 0 spiro atoms. The first-order valence-corrected chi connectivity index (χ1v) is 8.52. The Hall–Kier alpha value is -3.09. The molecule has 0 atom stereocenters. The van der Waals surface area contributed by atoms with Crippen LogP contribution in [0, 0.1) is 0 Å². The highest BCUT2D eigenvalue weighted by atomic mass is 16.2. The molecule has 1 aromatic carbocycles. The molecule has 0 saturated heterocycles. The number of carbonyl (C=O) groups excluding carboxylic acids is 1. The van der Waals surface area contributed by atoms with Crippen LogP contribution in [-0.4, -0.2) is 36.0 Å². The Morgan fingerprint density at radius 1 is 1.12 bits per heavy atom. The second-order valence-electron chi connectivity index (χ2n) is 7.49. The fourth-order valence-electron chi connectivity index (χ4n) is 2.96. The molecule has 4 rings (SSSR count). The SMILES string of the molecule is CC(C)(C)c1ncc2c(n1)CN(C(=O)c1ccc(-c3ncn[nH]3)cc1)C2. The smallest absolute Gasteiger partial charge is 0.254 e. The van der Waals surface area contributed by atoms with Crippen LogP contribution >= 0.6 is 0 Å². The van der Waals surface area contributed by atoms with Crippen molar-refractivity contribution in [1.29, 1.82) is 0 Å². The zero-order chi connectivity index (χ0) is 18.3. The van der Waals surface area contributed by atoms with Crippen LogP contribution in [0.15, 0.2) is 36.8 Å². The number of H-pyrrole nitrogens is 1. The van der Waals surface area contributed by atoms with Crippen molar-refractivity contribution in [3.8, 4) is 11.4 Å². The maximum Gasteiger partial charge on any atom is 0.254 e. The molecule has 7 heteroatoms. The molecule has 7 nitrogen and oxygen atoms in total. The van der Waals surface area contributed by atoms with Gasteiger partial charge in [0.2, 0.25) is 0 Å². The molecule has 1 amide bonds. The van der Waals surface area contributed by atoms with E-state index < -0.39 is 0 Å². The van der Waals surface area contributed by atoms with E-state index in [2.05, 4.69) is 45.9 Å². The Kier molecular flexibility index (Phi) is 3.79. The number of rotatable bonds is 2. The highest BCUT2D eigenvalue weighted by molar-refractivity contribution is 5.94. The van der Waals surface area contributed by atoms with Crippen molar-refractivity contribution >= 4 is 5.91 Å². The monoisotopic (exact) mass is 348 g/mol. The highest BCUT2D eigenvalue weighted by Gasteiger charge is 2.28. The van der Waals surface area contributed by atoms with E-state index in [-0.39, 0.29) is 11.3 Å². The standard InChI is InChI=1S/C19H20N6O/c1-19(2,3)18-20-8-14-9-25(10-15(14)23-18)17(26)13-6-4-12(5-7-13)16-21-11-22-24-16/h4-8,11H,9-10H2,1-3H3,(H,21,22,24). The normalized spacial score (nSPS) is 13.7. The molecule has 0 radical (unpaired) electrons. The molecule has 0 aliphatic carbocycles. The highest BCUT2D eigenvalue weighted by Crippen LogP contribution is 2.26. The fraction of sp³-hybridized carbons (Fsp3) is 0.316. The van der Waals surface area contributed by atoms with Gasteiger partial charge in [-0.15, -0.1) is 0 Å². The third kappa shape index (κ3) is 2.96. The minimum absolute atomic E-state index is 0.00979. The Morgan fingerprint density at radius 3 is 2.54 bits per heavy atom. The van der Waals surface area contributed by atoms with E-state index in [0.717, 1.165) is 22.6 Å². The van der Waals surface area contributed by atoms with Crippen LogP contribution in [0.1, 0.15) is 48.2 Å². The Morgan fingerprint density at radius 2 is 1.88 bits per heavy atom. The molecule has 0 unspecified atom stereocenters. The van der Waals surface area contributed by atoms with Gasteiger partial charge in [0, 0.05) is 34.8 Å². The minimum Gasteiger partial charge on any atom is -0.328 e. The van der Waals surface area contributed by atoms with Gasteiger partial charge in [-0.3, -0.25) is 9.89 Å². The molecule has 1 aliphatic heterocycles. The minimum atomic E-state index is -0.108. The molecule has 0 saturated carbocycles. The van der Waals surface area contributed by atoms with Gasteiger partial charge < -0.3 is 4.90 Å². The number of benzene rings is 1. The fourth-order valence-corrected chi connectivity index (χ4v) is 2.96. The van der Waals surface area contributed by atoms with Crippen LogP contribution < -0.4 is 0 Å². The topological polar surface area (TPSA) is 87.7 Å². The van der Waals surface area contributed by atoms with Crippen LogP contribution in [0.25, 0.3) is 11.4 Å². The lowest BCUT2D eigenvalue weighted by Crippen LogP contribution is -2.25. The molecule has 3 aromatic rings. The number of hydrogen-bond donors (Lipinski definition) is 1. The molecule has 26 heavy (non-hydrogen) atoms. The van der Waals surface area contributed by atoms with E-state index >= 15 is 0 Å². The molecule has 1 N–H and O–H groups in total. The van der Waals surface area contributed by atoms with Crippen molar-refractivity contribution in [2.24, 2.45) is 0 Å². The third-order valence-corrected chi connectivity index (χ3v) is 4.43. The van der Waals surface area contributed by atoms with Crippen molar-refractivity contribution in [2.75, 3.05) is 0 Å². The predicted octanol–water partition coefficient (Wildman–Crippen LogP) is 2.72. The Bertz CT molecular complexity index is 941. The molecule has 0 fully saturated rings. The van der Waals surface area contributed by atoms with Crippen molar-refractivity contribution in [3.05, 3.63) is 59.4 Å². The number of nitrogens with one attached hydrogen (secondary N) is 1. The second kappa shape index (κ2) is 6.01. The van der Waals surface area contributed by atoms with Crippen LogP contribution in [0.3, 0.4) is 0 Å². The summed E-state index contributed by atoms with van der Waals surface area (Å²) >= 11 is 0. The van der Waals surface area contributed by atoms with Crippen LogP contribution in [0.4, 0.5) is 0 Å². The first-order valence-electron chi connectivity index (χ1n) is 8.52. The molecule has 0 bridgehead atoms. The quantitative estimate of drug-likeness (QED) is 0.769. The summed E-state index contributed by atoms with van der Waals surface area (Å²) in [6.07, 6.45) is 3.31. The van der Waals surface area contributed by atoms with Gasteiger partial charge in [-0.1, -0.05) is 32.9 Å². The molecule has 132 valence electrons. The lowest BCUT2D eigenvalue weighted by atomic mass is 9.95. The maximum absolute atomic E-state index is 12.8. The largest absolute Gasteiger partial charge is 0.328 e. The summed E-state index contributed by atoms with van der Waals surface area (Å²) in [6, 6.07) is 7.37. The van der Waals surface area contributed by atoms with E-state index in [4.69, 9.17) is 0 Å². The summed E-state index contributed by atoms with van der Waals surface area (Å²) in [5.74, 6) is 1.48. The van der Waals surface area contributed by atoms with Gasteiger partial charge in [0.25, 0.3) is 5.91 Å². The summed E-state index contributed by atoms with van der Waals surface area (Å²) in [5.41, 5.74) is 3.39. The zero-order valence-electron chi connectivity index (χ0n) is 15.0. The van der Waals surface area contributed by atoms with Crippen molar-refractivity contribution in [2.45, 2.75) is 39.3 Å². The van der Waals surface area contributed by atoms with Gasteiger partial charge in [0.15, 0.2) is 5.82 Å². The average Bonchev–Trinajstić information content (AvgIpc) is 3.29. The van der Waals surface area contributed by atoms with Crippen LogP contribution in [0.2, 0.25) is 0 Å².